The lowest BCUT2D eigenvalue weighted by atomic mass is 10.1. The van der Waals surface area contributed by atoms with E-state index < -0.39 is 41.1 Å². The Balaban J connectivity index is 1.88. The molecule has 2 aromatic rings. The van der Waals surface area contributed by atoms with Crippen molar-refractivity contribution in [3.8, 4) is 0 Å². The molecule has 1 aromatic heterocycles. The Morgan fingerprint density at radius 2 is 1.57 bits per heavy atom. The van der Waals surface area contributed by atoms with Crippen LogP contribution < -0.4 is 16.4 Å². The van der Waals surface area contributed by atoms with Gasteiger partial charge in [-0.15, -0.1) is 11.3 Å². The molecule has 5 nitrogen and oxygen atoms in total. The number of halogens is 6. The quantitative estimate of drug-likeness (QED) is 0.532. The van der Waals surface area contributed by atoms with Gasteiger partial charge in [0.05, 0.1) is 16.7 Å². The number of urea groups is 1. The molecule has 0 fully saturated rings. The van der Waals surface area contributed by atoms with Gasteiger partial charge in [-0.3, -0.25) is 10.1 Å². The van der Waals surface area contributed by atoms with Gasteiger partial charge in [-0.25, -0.2) is 4.79 Å². The molecule has 1 aromatic carbocycles. The highest BCUT2D eigenvalue weighted by Crippen LogP contribution is 2.40. The Bertz CT molecular complexity index is 968. The first-order valence-electron chi connectivity index (χ1n) is 8.26. The number of nitrogens with two attached hydrogens (primary N) is 1. The summed E-state index contributed by atoms with van der Waals surface area (Å²) >= 11 is 2.71. The number of hydrogen-bond acceptors (Lipinski definition) is 4. The zero-order valence-corrected chi connectivity index (χ0v) is 16.5. The van der Waals surface area contributed by atoms with E-state index in [0.717, 1.165) is 22.0 Å². The molecule has 0 atom stereocenters. The van der Waals surface area contributed by atoms with Crippen LogP contribution in [0.4, 0.5) is 41.8 Å². The molecule has 0 unspecified atom stereocenters. The van der Waals surface area contributed by atoms with Crippen LogP contribution in [0.5, 0.6) is 0 Å². The van der Waals surface area contributed by atoms with Gasteiger partial charge in [-0.1, -0.05) is 0 Å². The van der Waals surface area contributed by atoms with E-state index in [4.69, 9.17) is 5.73 Å². The van der Waals surface area contributed by atoms with E-state index >= 15 is 0 Å². The van der Waals surface area contributed by atoms with Crippen molar-refractivity contribution in [1.82, 2.24) is 0 Å². The molecule has 13 heteroatoms. The Hall–Kier alpha value is -2.41. The maximum atomic E-state index is 12.9. The average molecular weight is 469 g/mol. The van der Waals surface area contributed by atoms with Crippen LogP contribution in [0.25, 0.3) is 0 Å². The third-order valence-corrected chi connectivity index (χ3v) is 6.46. The van der Waals surface area contributed by atoms with E-state index in [-0.39, 0.29) is 16.6 Å². The lowest BCUT2D eigenvalue weighted by Gasteiger charge is -2.15. The smallest absolute Gasteiger partial charge is 0.365 e. The summed E-state index contributed by atoms with van der Waals surface area (Å²) in [6, 6.07) is -0.366. The molecule has 2 heterocycles. The fourth-order valence-corrected chi connectivity index (χ4v) is 5.25. The van der Waals surface area contributed by atoms with Crippen LogP contribution in [0.1, 0.15) is 31.9 Å². The van der Waals surface area contributed by atoms with Gasteiger partial charge in [-0.05, 0) is 35.9 Å². The minimum atomic E-state index is -5.04. The van der Waals surface area contributed by atoms with E-state index in [0.29, 0.717) is 29.9 Å². The van der Waals surface area contributed by atoms with Crippen molar-refractivity contribution in [2.75, 3.05) is 16.4 Å². The number of hydrogen-bond donors (Lipinski definition) is 3. The molecule has 0 radical (unpaired) electrons. The molecule has 3 amide bonds. The Morgan fingerprint density at radius 3 is 2.10 bits per heavy atom. The standard InChI is InChI=1S/C17H13F6N3O2S2/c18-16(19,20)7-3-8(17(21,22)23)5-9(4-7)25-15(28)26-14-12(13(24)27)10-1-2-29-6-11(10)30-14/h3-5H,1-2,6H2,(H2,24,27)(H2,25,26,28). The summed E-state index contributed by atoms with van der Waals surface area (Å²) in [6.45, 7) is 0. The van der Waals surface area contributed by atoms with Gasteiger partial charge >= 0.3 is 18.4 Å². The summed E-state index contributed by atoms with van der Waals surface area (Å²) in [5.41, 5.74) is 2.36. The molecular weight excluding hydrogens is 456 g/mol. The van der Waals surface area contributed by atoms with Crippen molar-refractivity contribution < 1.29 is 35.9 Å². The van der Waals surface area contributed by atoms with E-state index in [2.05, 4.69) is 5.32 Å². The lowest BCUT2D eigenvalue weighted by Crippen LogP contribution is -2.23. The maximum absolute atomic E-state index is 12.9. The summed E-state index contributed by atoms with van der Waals surface area (Å²) in [5.74, 6) is 0.569. The van der Waals surface area contributed by atoms with Gasteiger partial charge in [0.2, 0.25) is 0 Å². The Labute approximate surface area is 174 Å². The van der Waals surface area contributed by atoms with Crippen molar-refractivity contribution in [3.63, 3.8) is 0 Å². The summed E-state index contributed by atoms with van der Waals surface area (Å²) in [6.07, 6.45) is -9.53. The van der Waals surface area contributed by atoms with Crippen LogP contribution in [0.15, 0.2) is 18.2 Å². The van der Waals surface area contributed by atoms with Crippen LogP contribution in [0, 0.1) is 0 Å². The van der Waals surface area contributed by atoms with Gasteiger partial charge < -0.3 is 11.1 Å². The topological polar surface area (TPSA) is 84.2 Å². The Kier molecular flexibility index (Phi) is 5.96. The minimum Gasteiger partial charge on any atom is -0.365 e. The van der Waals surface area contributed by atoms with Crippen molar-refractivity contribution in [3.05, 3.63) is 45.3 Å². The number of nitrogens with one attached hydrogen (secondary N) is 2. The third kappa shape index (κ3) is 4.83. The summed E-state index contributed by atoms with van der Waals surface area (Å²) in [5, 5.41) is 4.36. The molecule has 30 heavy (non-hydrogen) atoms. The molecule has 4 N–H and O–H groups in total. The number of carbonyl (C=O) groups is 2. The first-order valence-corrected chi connectivity index (χ1v) is 10.2. The number of rotatable bonds is 3. The fourth-order valence-electron chi connectivity index (χ4n) is 2.87. The number of anilines is 2. The number of thiophene rings is 1. The molecular formula is C17H13F6N3O2S2. The second kappa shape index (κ2) is 8.02. The second-order valence-electron chi connectivity index (χ2n) is 6.25. The number of fused-ring (bicyclic) bond motifs is 1. The van der Waals surface area contributed by atoms with Gasteiger partial charge in [-0.2, -0.15) is 38.1 Å². The minimum absolute atomic E-state index is 0.0424. The van der Waals surface area contributed by atoms with E-state index in [1.807, 2.05) is 5.32 Å². The average Bonchev–Trinajstić information content (AvgIpc) is 2.97. The molecule has 162 valence electrons. The highest BCUT2D eigenvalue weighted by atomic mass is 32.2. The Morgan fingerprint density at radius 1 is 0.967 bits per heavy atom. The zero-order valence-electron chi connectivity index (χ0n) is 14.8. The number of thioether (sulfide) groups is 1. The van der Waals surface area contributed by atoms with Gasteiger partial charge in [0.1, 0.15) is 5.00 Å². The van der Waals surface area contributed by atoms with Crippen molar-refractivity contribution in [2.24, 2.45) is 5.73 Å². The number of alkyl halides is 6. The molecule has 0 aliphatic carbocycles. The van der Waals surface area contributed by atoms with E-state index in [9.17, 15) is 35.9 Å². The summed E-state index contributed by atoms with van der Waals surface area (Å²) in [4.78, 5) is 24.9. The van der Waals surface area contributed by atoms with Crippen LogP contribution in [0.3, 0.4) is 0 Å². The van der Waals surface area contributed by atoms with E-state index in [1.165, 1.54) is 0 Å². The summed E-state index contributed by atoms with van der Waals surface area (Å²) < 4.78 is 77.7. The van der Waals surface area contributed by atoms with Crippen molar-refractivity contribution in [2.45, 2.75) is 24.5 Å². The first kappa shape index (κ1) is 22.3. The molecule has 1 aliphatic rings. The predicted molar refractivity (Wildman–Crippen MR) is 102 cm³/mol. The fraction of sp³-hybridized carbons (Fsp3) is 0.294. The van der Waals surface area contributed by atoms with Crippen molar-refractivity contribution in [1.29, 1.82) is 0 Å². The first-order chi connectivity index (χ1) is 13.9. The number of benzene rings is 1. The van der Waals surface area contributed by atoms with Crippen LogP contribution >= 0.6 is 23.1 Å². The monoisotopic (exact) mass is 469 g/mol. The number of primary amides is 1. The lowest BCUT2D eigenvalue weighted by molar-refractivity contribution is -0.143. The maximum Gasteiger partial charge on any atom is 0.416 e. The molecule has 3 rings (SSSR count). The number of amides is 3. The third-order valence-electron chi connectivity index (χ3n) is 4.14. The van der Waals surface area contributed by atoms with Gasteiger partial charge in [0.25, 0.3) is 5.91 Å². The van der Waals surface area contributed by atoms with Gasteiger partial charge in [0, 0.05) is 16.3 Å². The number of carbonyl (C=O) groups excluding carboxylic acids is 2. The second-order valence-corrected chi connectivity index (χ2v) is 8.46. The highest BCUT2D eigenvalue weighted by Gasteiger charge is 2.37. The molecule has 0 saturated carbocycles. The SMILES string of the molecule is NC(=O)c1c(NC(=O)Nc2cc(C(F)(F)F)cc(C(F)(F)F)c2)sc2c1CCSC2. The molecule has 0 bridgehead atoms. The van der Waals surface area contributed by atoms with E-state index in [1.54, 1.807) is 11.8 Å². The van der Waals surface area contributed by atoms with Gasteiger partial charge in [0.15, 0.2) is 0 Å². The molecule has 1 aliphatic heterocycles. The molecule has 0 saturated heterocycles. The zero-order chi connectivity index (χ0) is 22.3. The molecule has 0 spiro atoms. The van der Waals surface area contributed by atoms with Crippen LogP contribution in [0.2, 0.25) is 0 Å². The summed E-state index contributed by atoms with van der Waals surface area (Å²) in [7, 11) is 0. The largest absolute Gasteiger partial charge is 0.416 e. The normalized spacial score (nSPS) is 14.2. The van der Waals surface area contributed by atoms with Crippen molar-refractivity contribution >= 4 is 45.7 Å². The predicted octanol–water partition coefficient (Wildman–Crippen LogP) is 5.32. The van der Waals surface area contributed by atoms with Crippen LogP contribution in [-0.2, 0) is 24.5 Å². The van der Waals surface area contributed by atoms with Crippen LogP contribution in [-0.4, -0.2) is 17.7 Å². The highest BCUT2D eigenvalue weighted by molar-refractivity contribution is 7.98.